The molecule has 0 N–H and O–H groups in total. The molecule has 0 saturated carbocycles. The number of hydrogen-bond donors (Lipinski definition) is 0. The third kappa shape index (κ3) is 2.33. The normalized spacial score (nSPS) is 10.7. The summed E-state index contributed by atoms with van der Waals surface area (Å²) >= 11 is 6.11. The van der Waals surface area contributed by atoms with Crippen LogP contribution in [-0.2, 0) is 6.42 Å². The zero-order valence-electron chi connectivity index (χ0n) is 11.0. The van der Waals surface area contributed by atoms with Crippen molar-refractivity contribution in [3.8, 4) is 5.69 Å². The van der Waals surface area contributed by atoms with Crippen LogP contribution in [0.15, 0.2) is 18.2 Å². The van der Waals surface area contributed by atoms with Gasteiger partial charge < -0.3 is 0 Å². The van der Waals surface area contributed by atoms with E-state index in [-0.39, 0.29) is 10.8 Å². The van der Waals surface area contributed by atoms with E-state index in [1.165, 1.54) is 4.68 Å². The maximum atomic E-state index is 11.1. The predicted octanol–water partition coefficient (Wildman–Crippen LogP) is 3.61. The Morgan fingerprint density at radius 2 is 2.11 bits per heavy atom. The summed E-state index contributed by atoms with van der Waals surface area (Å²) in [5.74, 6) is 0. The number of aryl methyl sites for hydroxylation is 3. The van der Waals surface area contributed by atoms with Gasteiger partial charge in [0.2, 0.25) is 5.15 Å². The summed E-state index contributed by atoms with van der Waals surface area (Å²) in [5.41, 5.74) is 3.15. The molecule has 0 amide bonds. The molecule has 0 radical (unpaired) electrons. The van der Waals surface area contributed by atoms with E-state index in [0.717, 1.165) is 16.8 Å². The van der Waals surface area contributed by atoms with Gasteiger partial charge in [-0.25, -0.2) is 4.68 Å². The van der Waals surface area contributed by atoms with Crippen molar-refractivity contribution >= 4 is 17.3 Å². The highest BCUT2D eigenvalue weighted by molar-refractivity contribution is 6.32. The second-order valence-electron chi connectivity index (χ2n) is 4.40. The summed E-state index contributed by atoms with van der Waals surface area (Å²) in [7, 11) is 0. The first kappa shape index (κ1) is 13.5. The Kier molecular flexibility index (Phi) is 3.57. The van der Waals surface area contributed by atoms with E-state index in [0.29, 0.717) is 12.1 Å². The molecule has 0 atom stereocenters. The van der Waals surface area contributed by atoms with E-state index in [1.54, 1.807) is 0 Å². The van der Waals surface area contributed by atoms with Crippen LogP contribution in [0.5, 0.6) is 0 Å². The van der Waals surface area contributed by atoms with Crippen molar-refractivity contribution in [1.82, 2.24) is 9.78 Å². The molecular formula is C13H14ClN3O2. The Labute approximate surface area is 116 Å². The van der Waals surface area contributed by atoms with E-state index in [2.05, 4.69) is 5.10 Å². The van der Waals surface area contributed by atoms with Gasteiger partial charge in [-0.3, -0.25) is 10.1 Å². The van der Waals surface area contributed by atoms with Gasteiger partial charge in [0.1, 0.15) is 5.69 Å². The highest BCUT2D eigenvalue weighted by Crippen LogP contribution is 2.31. The highest BCUT2D eigenvalue weighted by Gasteiger charge is 2.26. The van der Waals surface area contributed by atoms with Crippen LogP contribution in [0.2, 0.25) is 5.15 Å². The molecule has 1 aromatic heterocycles. The first-order valence-corrected chi connectivity index (χ1v) is 6.33. The van der Waals surface area contributed by atoms with Crippen LogP contribution in [0, 0.1) is 24.0 Å². The van der Waals surface area contributed by atoms with Gasteiger partial charge in [-0.1, -0.05) is 36.2 Å². The van der Waals surface area contributed by atoms with Crippen LogP contribution in [0.25, 0.3) is 5.69 Å². The molecule has 1 aromatic carbocycles. The highest BCUT2D eigenvalue weighted by atomic mass is 35.5. The summed E-state index contributed by atoms with van der Waals surface area (Å²) in [6.45, 7) is 5.73. The molecule has 0 aliphatic heterocycles. The van der Waals surface area contributed by atoms with Gasteiger partial charge >= 0.3 is 5.69 Å². The number of benzene rings is 1. The Morgan fingerprint density at radius 3 is 2.58 bits per heavy atom. The predicted molar refractivity (Wildman–Crippen MR) is 74.1 cm³/mol. The van der Waals surface area contributed by atoms with Crippen LogP contribution in [0.3, 0.4) is 0 Å². The van der Waals surface area contributed by atoms with Crippen molar-refractivity contribution in [2.24, 2.45) is 0 Å². The Bertz CT molecular complexity index is 650. The lowest BCUT2D eigenvalue weighted by atomic mass is 10.1. The average molecular weight is 280 g/mol. The molecular weight excluding hydrogens is 266 g/mol. The lowest BCUT2D eigenvalue weighted by Crippen LogP contribution is -2.00. The molecule has 0 unspecified atom stereocenters. The number of nitro groups is 1. The van der Waals surface area contributed by atoms with E-state index in [4.69, 9.17) is 11.6 Å². The van der Waals surface area contributed by atoms with Gasteiger partial charge in [-0.05, 0) is 31.9 Å². The molecule has 0 saturated heterocycles. The van der Waals surface area contributed by atoms with E-state index in [1.807, 2.05) is 39.0 Å². The number of aromatic nitrogens is 2. The largest absolute Gasteiger partial charge is 0.329 e. The van der Waals surface area contributed by atoms with E-state index in [9.17, 15) is 10.1 Å². The molecule has 2 aromatic rings. The maximum Gasteiger partial charge on any atom is 0.329 e. The molecule has 0 spiro atoms. The molecule has 1 heterocycles. The van der Waals surface area contributed by atoms with Gasteiger partial charge in [0.15, 0.2) is 0 Å². The molecule has 0 bridgehead atoms. The Morgan fingerprint density at radius 1 is 1.42 bits per heavy atom. The molecule has 100 valence electrons. The van der Waals surface area contributed by atoms with Crippen molar-refractivity contribution < 1.29 is 4.92 Å². The number of nitrogens with zero attached hydrogens (tertiary/aromatic N) is 3. The summed E-state index contributed by atoms with van der Waals surface area (Å²) in [6.07, 6.45) is 0.466. The minimum absolute atomic E-state index is 0.0498. The van der Waals surface area contributed by atoms with Crippen LogP contribution >= 0.6 is 11.6 Å². The monoisotopic (exact) mass is 279 g/mol. The van der Waals surface area contributed by atoms with E-state index >= 15 is 0 Å². The summed E-state index contributed by atoms with van der Waals surface area (Å²) in [5, 5.41) is 15.4. The SMILES string of the molecule is CCc1nn(-c2ccc(C)cc2C)c(Cl)c1[N+](=O)[O-]. The quantitative estimate of drug-likeness (QED) is 0.637. The van der Waals surface area contributed by atoms with Crippen molar-refractivity contribution in [3.05, 3.63) is 50.3 Å². The smallest absolute Gasteiger partial charge is 0.258 e. The number of rotatable bonds is 3. The first-order chi connectivity index (χ1) is 8.95. The third-order valence-electron chi connectivity index (χ3n) is 2.97. The number of halogens is 1. The van der Waals surface area contributed by atoms with Gasteiger partial charge in [0.05, 0.1) is 10.6 Å². The van der Waals surface area contributed by atoms with Crippen molar-refractivity contribution in [2.45, 2.75) is 27.2 Å². The average Bonchev–Trinajstić information content (AvgIpc) is 2.66. The fourth-order valence-corrected chi connectivity index (χ4v) is 2.36. The van der Waals surface area contributed by atoms with Crippen molar-refractivity contribution in [2.75, 3.05) is 0 Å². The molecule has 5 nitrogen and oxygen atoms in total. The second kappa shape index (κ2) is 5.01. The first-order valence-electron chi connectivity index (χ1n) is 5.95. The van der Waals surface area contributed by atoms with Crippen LogP contribution in [0.4, 0.5) is 5.69 Å². The Balaban J connectivity index is 2.66. The topological polar surface area (TPSA) is 61.0 Å². The van der Waals surface area contributed by atoms with Gasteiger partial charge in [0.25, 0.3) is 0 Å². The molecule has 6 heteroatoms. The molecule has 19 heavy (non-hydrogen) atoms. The van der Waals surface area contributed by atoms with Crippen LogP contribution in [0.1, 0.15) is 23.7 Å². The minimum Gasteiger partial charge on any atom is -0.258 e. The van der Waals surface area contributed by atoms with Gasteiger partial charge in [0, 0.05) is 0 Å². The lowest BCUT2D eigenvalue weighted by molar-refractivity contribution is -0.385. The second-order valence-corrected chi connectivity index (χ2v) is 4.76. The zero-order chi connectivity index (χ0) is 14.2. The fraction of sp³-hybridized carbons (Fsp3) is 0.308. The third-order valence-corrected chi connectivity index (χ3v) is 3.31. The summed E-state index contributed by atoms with van der Waals surface area (Å²) in [4.78, 5) is 10.6. The summed E-state index contributed by atoms with van der Waals surface area (Å²) in [6, 6.07) is 5.79. The lowest BCUT2D eigenvalue weighted by Gasteiger charge is -2.07. The maximum absolute atomic E-state index is 11.1. The molecule has 0 aliphatic rings. The Hall–Kier alpha value is -1.88. The van der Waals surface area contributed by atoms with E-state index < -0.39 is 4.92 Å². The summed E-state index contributed by atoms with van der Waals surface area (Å²) < 4.78 is 1.44. The van der Waals surface area contributed by atoms with Crippen molar-refractivity contribution in [1.29, 1.82) is 0 Å². The van der Waals surface area contributed by atoms with Gasteiger partial charge in [-0.2, -0.15) is 5.10 Å². The molecule has 2 rings (SSSR count). The molecule has 0 fully saturated rings. The van der Waals surface area contributed by atoms with Crippen LogP contribution in [-0.4, -0.2) is 14.7 Å². The van der Waals surface area contributed by atoms with Gasteiger partial charge in [-0.15, -0.1) is 0 Å². The van der Waals surface area contributed by atoms with Crippen LogP contribution < -0.4 is 0 Å². The number of hydrogen-bond acceptors (Lipinski definition) is 3. The minimum atomic E-state index is -0.478. The van der Waals surface area contributed by atoms with Crippen molar-refractivity contribution in [3.63, 3.8) is 0 Å². The molecule has 0 aliphatic carbocycles. The zero-order valence-corrected chi connectivity index (χ0v) is 11.7. The standard InChI is InChI=1S/C13H14ClN3O2/c1-4-10-12(17(18)19)13(14)16(15-10)11-6-5-8(2)7-9(11)3/h5-7H,4H2,1-3H3. The fourth-order valence-electron chi connectivity index (χ4n) is 2.05.